The maximum Gasteiger partial charge on any atom is 0.223 e. The van der Waals surface area contributed by atoms with E-state index in [1.165, 1.54) is 12.1 Å². The Morgan fingerprint density at radius 3 is 2.63 bits per heavy atom. The zero-order valence-corrected chi connectivity index (χ0v) is 18.9. The van der Waals surface area contributed by atoms with Crippen molar-refractivity contribution in [2.75, 3.05) is 5.32 Å². The van der Waals surface area contributed by atoms with E-state index in [1.54, 1.807) is 18.3 Å². The molecule has 172 valence electrons. The Morgan fingerprint density at radius 1 is 1.06 bits per heavy atom. The van der Waals surface area contributed by atoms with Crippen molar-refractivity contribution in [1.82, 2.24) is 19.4 Å². The molecule has 5 aromatic rings. The summed E-state index contributed by atoms with van der Waals surface area (Å²) in [5.74, 6) is 0.165. The summed E-state index contributed by atoms with van der Waals surface area (Å²) in [5.41, 5.74) is 14.1. The zero-order valence-electron chi connectivity index (χ0n) is 18.9. The van der Waals surface area contributed by atoms with Crippen LogP contribution in [-0.2, 0) is 6.54 Å². The van der Waals surface area contributed by atoms with E-state index in [2.05, 4.69) is 27.3 Å². The van der Waals surface area contributed by atoms with Crippen LogP contribution in [0.2, 0.25) is 0 Å². The Balaban J connectivity index is 1.60. The monoisotopic (exact) mass is 464 g/mol. The van der Waals surface area contributed by atoms with Crippen molar-refractivity contribution in [3.63, 3.8) is 0 Å². The van der Waals surface area contributed by atoms with Crippen LogP contribution in [0.3, 0.4) is 0 Å². The highest BCUT2D eigenvalue weighted by molar-refractivity contribution is 5.80. The van der Waals surface area contributed by atoms with Crippen molar-refractivity contribution in [3.05, 3.63) is 113 Å². The average Bonchev–Trinajstić information content (AvgIpc) is 3.27. The Bertz CT molecular complexity index is 1520. The first-order valence-corrected chi connectivity index (χ1v) is 11.0. The lowest BCUT2D eigenvalue weighted by atomic mass is 10.1. The molecule has 8 nitrogen and oxygen atoms in total. The molecule has 2 aromatic carbocycles. The van der Waals surface area contributed by atoms with Crippen LogP contribution in [0, 0.1) is 5.82 Å². The second-order valence-corrected chi connectivity index (χ2v) is 8.01. The van der Waals surface area contributed by atoms with E-state index in [0.29, 0.717) is 23.0 Å². The highest BCUT2D eigenvalue weighted by Crippen LogP contribution is 2.33. The minimum absolute atomic E-state index is 0.00782. The summed E-state index contributed by atoms with van der Waals surface area (Å²) >= 11 is 0. The lowest BCUT2D eigenvalue weighted by Gasteiger charge is -2.15. The van der Waals surface area contributed by atoms with Crippen LogP contribution in [-0.4, -0.2) is 19.4 Å². The van der Waals surface area contributed by atoms with Gasteiger partial charge in [-0.2, -0.15) is 0 Å². The number of fused-ring (bicyclic) bond motifs is 1. The van der Waals surface area contributed by atoms with Crippen LogP contribution in [0.4, 0.5) is 10.3 Å². The molecule has 5 rings (SSSR count). The Morgan fingerprint density at radius 2 is 1.86 bits per heavy atom. The highest BCUT2D eigenvalue weighted by atomic mass is 19.1. The normalized spacial score (nSPS) is 11.7. The second-order valence-electron chi connectivity index (χ2n) is 8.01. The van der Waals surface area contributed by atoms with Crippen LogP contribution in [0.25, 0.3) is 38.7 Å². The SMILES string of the molecule is C[C@H](Nc1nccc(-c2c(-c3ccc(F)cc3)nc3cc(CN=[N+]=[N-])ccn23)n1)c1ccccc1. The van der Waals surface area contributed by atoms with Gasteiger partial charge in [-0.25, -0.2) is 19.3 Å². The highest BCUT2D eigenvalue weighted by Gasteiger charge is 2.18. The van der Waals surface area contributed by atoms with Crippen molar-refractivity contribution >= 4 is 11.6 Å². The largest absolute Gasteiger partial charge is 0.348 e. The molecule has 9 heteroatoms. The molecule has 0 radical (unpaired) electrons. The van der Waals surface area contributed by atoms with E-state index in [9.17, 15) is 4.39 Å². The first-order chi connectivity index (χ1) is 17.1. The van der Waals surface area contributed by atoms with E-state index < -0.39 is 0 Å². The molecule has 1 atom stereocenters. The molecule has 0 unspecified atom stereocenters. The number of benzene rings is 2. The Labute approximate surface area is 200 Å². The van der Waals surface area contributed by atoms with Crippen LogP contribution < -0.4 is 5.32 Å². The summed E-state index contributed by atoms with van der Waals surface area (Å²) in [6, 6.07) is 21.8. The van der Waals surface area contributed by atoms with Gasteiger partial charge in [0.2, 0.25) is 5.95 Å². The van der Waals surface area contributed by atoms with Gasteiger partial charge in [0.25, 0.3) is 0 Å². The van der Waals surface area contributed by atoms with Crippen molar-refractivity contribution < 1.29 is 4.39 Å². The number of anilines is 1. The smallest absolute Gasteiger partial charge is 0.223 e. The molecule has 0 bridgehead atoms. The van der Waals surface area contributed by atoms with Gasteiger partial charge >= 0.3 is 0 Å². The topological polar surface area (TPSA) is 104 Å². The molecule has 3 aromatic heterocycles. The number of rotatable bonds is 7. The molecule has 0 spiro atoms. The third-order valence-electron chi connectivity index (χ3n) is 5.67. The minimum Gasteiger partial charge on any atom is -0.348 e. The molecule has 0 aliphatic heterocycles. The van der Waals surface area contributed by atoms with Gasteiger partial charge in [-0.3, -0.25) is 4.40 Å². The molecule has 0 fully saturated rings. The maximum absolute atomic E-state index is 13.6. The van der Waals surface area contributed by atoms with E-state index in [0.717, 1.165) is 22.4 Å². The molecule has 1 N–H and O–H groups in total. The molecular formula is C26H21FN8. The molecule has 0 aliphatic carbocycles. The third-order valence-corrected chi connectivity index (χ3v) is 5.67. The number of imidazole rings is 1. The van der Waals surface area contributed by atoms with Crippen LogP contribution in [0.1, 0.15) is 24.1 Å². The number of nitrogens with one attached hydrogen (secondary N) is 1. The zero-order chi connectivity index (χ0) is 24.2. The molecule has 0 aliphatic rings. The minimum atomic E-state index is -0.320. The van der Waals surface area contributed by atoms with Crippen LogP contribution >= 0.6 is 0 Å². The number of hydrogen-bond donors (Lipinski definition) is 1. The molecular weight excluding hydrogens is 443 g/mol. The molecule has 0 saturated carbocycles. The number of halogens is 1. The second kappa shape index (κ2) is 9.62. The number of aromatic nitrogens is 4. The van der Waals surface area contributed by atoms with Crippen molar-refractivity contribution in [1.29, 1.82) is 0 Å². The summed E-state index contributed by atoms with van der Waals surface area (Å²) in [5, 5.41) is 7.00. The van der Waals surface area contributed by atoms with Crippen molar-refractivity contribution in [3.8, 4) is 22.6 Å². The fraction of sp³-hybridized carbons (Fsp3) is 0.115. The predicted octanol–water partition coefficient (Wildman–Crippen LogP) is 6.58. The fourth-order valence-corrected chi connectivity index (χ4v) is 3.93. The van der Waals surface area contributed by atoms with Crippen molar-refractivity contribution in [2.45, 2.75) is 19.5 Å². The van der Waals surface area contributed by atoms with Gasteiger partial charge in [-0.15, -0.1) is 0 Å². The quantitative estimate of drug-likeness (QED) is 0.167. The molecule has 0 saturated heterocycles. The molecule has 35 heavy (non-hydrogen) atoms. The fourth-order valence-electron chi connectivity index (χ4n) is 3.93. The van der Waals surface area contributed by atoms with Gasteiger partial charge in [0, 0.05) is 22.9 Å². The van der Waals surface area contributed by atoms with Gasteiger partial charge in [0.15, 0.2) is 0 Å². The third kappa shape index (κ3) is 4.66. The Kier molecular flexibility index (Phi) is 6.07. The lowest BCUT2D eigenvalue weighted by Crippen LogP contribution is -2.09. The number of azide groups is 1. The van der Waals surface area contributed by atoms with Gasteiger partial charge in [0.05, 0.1) is 29.7 Å². The van der Waals surface area contributed by atoms with E-state index in [4.69, 9.17) is 15.5 Å². The van der Waals surface area contributed by atoms with Crippen LogP contribution in [0.5, 0.6) is 0 Å². The van der Waals surface area contributed by atoms with Gasteiger partial charge < -0.3 is 5.32 Å². The Hall–Kier alpha value is -4.75. The summed E-state index contributed by atoms with van der Waals surface area (Å²) < 4.78 is 15.5. The van der Waals surface area contributed by atoms with E-state index in [1.807, 2.05) is 59.1 Å². The first-order valence-electron chi connectivity index (χ1n) is 11.0. The summed E-state index contributed by atoms with van der Waals surface area (Å²) in [6.45, 7) is 2.27. The molecule has 3 heterocycles. The average molecular weight is 465 g/mol. The number of hydrogen-bond acceptors (Lipinski definition) is 5. The van der Waals surface area contributed by atoms with Crippen LogP contribution in [0.15, 0.2) is 90.3 Å². The maximum atomic E-state index is 13.6. The van der Waals surface area contributed by atoms with Gasteiger partial charge in [0.1, 0.15) is 11.5 Å². The van der Waals surface area contributed by atoms with Gasteiger partial charge in [-0.05, 0) is 66.0 Å². The number of pyridine rings is 1. The summed E-state index contributed by atoms with van der Waals surface area (Å²) in [7, 11) is 0. The van der Waals surface area contributed by atoms with Gasteiger partial charge in [-0.1, -0.05) is 35.4 Å². The number of nitrogens with zero attached hydrogens (tertiary/aromatic N) is 7. The summed E-state index contributed by atoms with van der Waals surface area (Å²) in [4.78, 5) is 16.8. The van der Waals surface area contributed by atoms with Crippen molar-refractivity contribution in [2.24, 2.45) is 5.11 Å². The molecule has 0 amide bonds. The predicted molar refractivity (Wildman–Crippen MR) is 133 cm³/mol. The summed E-state index contributed by atoms with van der Waals surface area (Å²) in [6.07, 6.45) is 3.57. The lowest BCUT2D eigenvalue weighted by molar-refractivity contribution is 0.628. The van der Waals surface area contributed by atoms with E-state index in [-0.39, 0.29) is 18.4 Å². The standard InChI is InChI=1S/C26H21FN8/c1-17(19-5-3-2-4-6-19)31-26-29-13-11-22(32-26)25-24(20-7-9-21(27)10-8-20)33-23-15-18(16-30-34-28)12-14-35(23)25/h2-15,17H,16H2,1H3,(H,29,31,32)/t17-/m0/s1. The first kappa shape index (κ1) is 22.1. The van der Waals surface area contributed by atoms with E-state index >= 15 is 0 Å².